The number of nitrogens with zero attached hydrogens (tertiary/aromatic N) is 4. The number of hydrogen-bond acceptors (Lipinski definition) is 3. The third kappa shape index (κ3) is 4.19. The lowest BCUT2D eigenvalue weighted by Gasteiger charge is -2.22. The number of pyridine rings is 1. The Hall–Kier alpha value is -2.36. The molecule has 2 heterocycles. The van der Waals surface area contributed by atoms with Crippen LogP contribution >= 0.6 is 0 Å². The third-order valence-corrected chi connectivity index (χ3v) is 4.67. The van der Waals surface area contributed by atoms with E-state index in [4.69, 9.17) is 4.98 Å². The van der Waals surface area contributed by atoms with E-state index in [1.54, 1.807) is 0 Å². The van der Waals surface area contributed by atoms with Crippen molar-refractivity contribution in [2.75, 3.05) is 11.4 Å². The molecule has 0 saturated heterocycles. The summed E-state index contributed by atoms with van der Waals surface area (Å²) in [6.07, 6.45) is 9.55. The zero-order chi connectivity index (χ0) is 17.5. The van der Waals surface area contributed by atoms with Crippen molar-refractivity contribution in [3.8, 4) is 0 Å². The molecule has 0 aliphatic heterocycles. The van der Waals surface area contributed by atoms with E-state index < -0.39 is 0 Å². The molecular formula is C21H28N4. The van der Waals surface area contributed by atoms with Crippen molar-refractivity contribution in [1.82, 2.24) is 14.5 Å². The van der Waals surface area contributed by atoms with Crippen molar-refractivity contribution in [3.63, 3.8) is 0 Å². The first-order valence-electron chi connectivity index (χ1n) is 9.41. The van der Waals surface area contributed by atoms with Crippen LogP contribution in [0.2, 0.25) is 0 Å². The molecule has 3 rings (SSSR count). The quantitative estimate of drug-likeness (QED) is 0.486. The second-order valence-electron chi connectivity index (χ2n) is 6.57. The highest BCUT2D eigenvalue weighted by atomic mass is 15.3. The van der Waals surface area contributed by atoms with Gasteiger partial charge in [-0.05, 0) is 30.7 Å². The van der Waals surface area contributed by atoms with Crippen LogP contribution < -0.4 is 4.90 Å². The van der Waals surface area contributed by atoms with Crippen LogP contribution in [0.25, 0.3) is 11.0 Å². The molecule has 0 fully saturated rings. The molecule has 132 valence electrons. The van der Waals surface area contributed by atoms with E-state index in [0.29, 0.717) is 0 Å². The van der Waals surface area contributed by atoms with Gasteiger partial charge in [0.1, 0.15) is 5.82 Å². The third-order valence-electron chi connectivity index (χ3n) is 4.67. The highest BCUT2D eigenvalue weighted by molar-refractivity contribution is 5.79. The molecule has 4 nitrogen and oxygen atoms in total. The average molecular weight is 336 g/mol. The summed E-state index contributed by atoms with van der Waals surface area (Å²) in [5.41, 5.74) is 2.19. The Morgan fingerprint density at radius 2 is 1.68 bits per heavy atom. The number of benzene rings is 1. The van der Waals surface area contributed by atoms with Gasteiger partial charge in [0.2, 0.25) is 5.95 Å². The molecular weight excluding hydrogens is 308 g/mol. The Kier molecular flexibility index (Phi) is 6.04. The average Bonchev–Trinajstić information content (AvgIpc) is 2.99. The van der Waals surface area contributed by atoms with E-state index in [2.05, 4.69) is 52.7 Å². The van der Waals surface area contributed by atoms with Gasteiger partial charge in [-0.1, -0.05) is 57.2 Å². The van der Waals surface area contributed by atoms with Gasteiger partial charge < -0.3 is 4.57 Å². The zero-order valence-corrected chi connectivity index (χ0v) is 15.4. The van der Waals surface area contributed by atoms with Gasteiger partial charge in [0.25, 0.3) is 0 Å². The largest absolute Gasteiger partial charge is 0.313 e. The maximum absolute atomic E-state index is 4.87. The lowest BCUT2D eigenvalue weighted by atomic mass is 10.1. The van der Waals surface area contributed by atoms with E-state index in [0.717, 1.165) is 35.8 Å². The smallest absolute Gasteiger partial charge is 0.212 e. The van der Waals surface area contributed by atoms with Gasteiger partial charge in [0.05, 0.1) is 11.0 Å². The fraction of sp³-hybridized carbons (Fsp3) is 0.429. The van der Waals surface area contributed by atoms with Crippen molar-refractivity contribution < 1.29 is 0 Å². The number of unbranched alkanes of at least 4 members (excludes halogenated alkanes) is 5. The molecule has 0 saturated carbocycles. The van der Waals surface area contributed by atoms with Crippen LogP contribution in [0.4, 0.5) is 11.8 Å². The Bertz CT molecular complexity index is 779. The monoisotopic (exact) mass is 336 g/mol. The van der Waals surface area contributed by atoms with Crippen LogP contribution in [-0.4, -0.2) is 21.1 Å². The molecule has 0 bridgehead atoms. The number of aromatic nitrogens is 3. The predicted molar refractivity (Wildman–Crippen MR) is 105 cm³/mol. The lowest BCUT2D eigenvalue weighted by molar-refractivity contribution is 0.606. The molecule has 0 N–H and O–H groups in total. The Balaban J connectivity index is 1.80. The van der Waals surface area contributed by atoms with Gasteiger partial charge in [0.15, 0.2) is 0 Å². The highest BCUT2D eigenvalue weighted by Gasteiger charge is 2.17. The fourth-order valence-corrected chi connectivity index (χ4v) is 3.25. The van der Waals surface area contributed by atoms with Crippen molar-refractivity contribution >= 4 is 22.8 Å². The van der Waals surface area contributed by atoms with Crippen molar-refractivity contribution in [2.24, 2.45) is 7.05 Å². The van der Waals surface area contributed by atoms with Crippen molar-refractivity contribution in [3.05, 3.63) is 48.7 Å². The first kappa shape index (κ1) is 17.5. The second kappa shape index (κ2) is 8.65. The Morgan fingerprint density at radius 1 is 0.920 bits per heavy atom. The van der Waals surface area contributed by atoms with Gasteiger partial charge in [-0.15, -0.1) is 0 Å². The van der Waals surface area contributed by atoms with Gasteiger partial charge in [-0.25, -0.2) is 9.97 Å². The summed E-state index contributed by atoms with van der Waals surface area (Å²) < 4.78 is 2.17. The second-order valence-corrected chi connectivity index (χ2v) is 6.57. The maximum Gasteiger partial charge on any atom is 0.212 e. The van der Waals surface area contributed by atoms with E-state index in [-0.39, 0.29) is 0 Å². The first-order valence-corrected chi connectivity index (χ1v) is 9.41. The molecule has 0 aliphatic rings. The summed E-state index contributed by atoms with van der Waals surface area (Å²) in [7, 11) is 2.09. The molecule has 0 radical (unpaired) electrons. The summed E-state index contributed by atoms with van der Waals surface area (Å²) in [6, 6.07) is 14.4. The van der Waals surface area contributed by atoms with Crippen LogP contribution in [0, 0.1) is 0 Å². The van der Waals surface area contributed by atoms with Crippen LogP contribution in [0.5, 0.6) is 0 Å². The number of anilines is 2. The van der Waals surface area contributed by atoms with Gasteiger partial charge in [-0.2, -0.15) is 0 Å². The molecule has 3 aromatic rings. The number of fused-ring (bicyclic) bond motifs is 1. The summed E-state index contributed by atoms with van der Waals surface area (Å²) >= 11 is 0. The molecule has 1 aromatic carbocycles. The number of imidazole rings is 1. The maximum atomic E-state index is 4.87. The molecule has 2 aromatic heterocycles. The molecule has 0 spiro atoms. The lowest BCUT2D eigenvalue weighted by Crippen LogP contribution is -2.22. The number of hydrogen-bond donors (Lipinski definition) is 0. The summed E-state index contributed by atoms with van der Waals surface area (Å²) in [6.45, 7) is 3.20. The number of aryl methyl sites for hydroxylation is 1. The van der Waals surface area contributed by atoms with Crippen LogP contribution in [-0.2, 0) is 7.05 Å². The fourth-order valence-electron chi connectivity index (χ4n) is 3.25. The topological polar surface area (TPSA) is 34.0 Å². The van der Waals surface area contributed by atoms with Gasteiger partial charge in [-0.3, -0.25) is 4.90 Å². The van der Waals surface area contributed by atoms with E-state index in [1.807, 2.05) is 24.4 Å². The number of para-hydroxylation sites is 2. The zero-order valence-electron chi connectivity index (χ0n) is 15.4. The minimum atomic E-state index is 0.945. The normalized spacial score (nSPS) is 11.1. The first-order chi connectivity index (χ1) is 12.3. The van der Waals surface area contributed by atoms with Gasteiger partial charge >= 0.3 is 0 Å². The summed E-state index contributed by atoms with van der Waals surface area (Å²) in [5, 5.41) is 0. The Labute approximate surface area is 150 Å². The predicted octanol–water partition coefficient (Wildman–Crippen LogP) is 5.47. The van der Waals surface area contributed by atoms with E-state index in [9.17, 15) is 0 Å². The standard InChI is InChI=1S/C21H28N4/c1-3-4-5-6-7-12-17-25(20-15-10-11-16-22-20)21-23-18-13-8-9-14-19(18)24(21)2/h8-11,13-16H,3-7,12,17H2,1-2H3. The van der Waals surface area contributed by atoms with Crippen LogP contribution in [0.3, 0.4) is 0 Å². The minimum absolute atomic E-state index is 0.945. The molecule has 0 amide bonds. The van der Waals surface area contributed by atoms with E-state index in [1.165, 1.54) is 32.1 Å². The van der Waals surface area contributed by atoms with E-state index >= 15 is 0 Å². The molecule has 0 aliphatic carbocycles. The van der Waals surface area contributed by atoms with Gasteiger partial charge in [0, 0.05) is 19.8 Å². The molecule has 4 heteroatoms. The SMILES string of the molecule is CCCCCCCCN(c1ccccn1)c1nc2ccccc2n1C. The van der Waals surface area contributed by atoms with Crippen molar-refractivity contribution in [2.45, 2.75) is 45.4 Å². The van der Waals surface area contributed by atoms with Crippen molar-refractivity contribution in [1.29, 1.82) is 0 Å². The van der Waals surface area contributed by atoms with Crippen LogP contribution in [0.1, 0.15) is 45.4 Å². The molecule has 0 unspecified atom stereocenters. The number of rotatable bonds is 9. The van der Waals surface area contributed by atoms with Crippen LogP contribution in [0.15, 0.2) is 48.7 Å². The highest BCUT2D eigenvalue weighted by Crippen LogP contribution is 2.26. The summed E-state index contributed by atoms with van der Waals surface area (Å²) in [4.78, 5) is 11.7. The molecule has 0 atom stereocenters. The minimum Gasteiger partial charge on any atom is -0.313 e. The molecule has 25 heavy (non-hydrogen) atoms. The summed E-state index contributed by atoms with van der Waals surface area (Å²) in [5.74, 6) is 1.93. The Morgan fingerprint density at radius 3 is 2.44 bits per heavy atom.